The maximum absolute atomic E-state index is 13.7. The van der Waals surface area contributed by atoms with Crippen LogP contribution in [0.15, 0.2) is 35.4 Å². The second kappa shape index (κ2) is 17.8. The number of hydrogen-bond acceptors (Lipinski definition) is 5. The van der Waals surface area contributed by atoms with Crippen LogP contribution < -0.4 is 5.32 Å². The monoisotopic (exact) mass is 754 g/mol. The summed E-state index contributed by atoms with van der Waals surface area (Å²) in [5, 5.41) is 12.9. The van der Waals surface area contributed by atoms with E-state index in [0.717, 1.165) is 48.7 Å². The Balaban J connectivity index is 0.000000454. The van der Waals surface area contributed by atoms with E-state index in [1.165, 1.54) is 82.8 Å². The molecule has 9 atom stereocenters. The number of aldehydes is 1. The molecule has 0 radical (unpaired) electrons. The summed E-state index contributed by atoms with van der Waals surface area (Å²) in [5.74, 6) is 3.40. The molecule has 1 aromatic rings. The van der Waals surface area contributed by atoms with Gasteiger partial charge in [0.15, 0.2) is 5.78 Å². The summed E-state index contributed by atoms with van der Waals surface area (Å²) in [6, 6.07) is 8.16. The Morgan fingerprint density at radius 2 is 1.62 bits per heavy atom. The van der Waals surface area contributed by atoms with Gasteiger partial charge in [-0.2, -0.15) is 0 Å². The van der Waals surface area contributed by atoms with Crippen molar-refractivity contribution in [3.63, 3.8) is 0 Å². The predicted octanol–water partition coefficient (Wildman–Crippen LogP) is 11.1. The van der Waals surface area contributed by atoms with Gasteiger partial charge in [0.05, 0.1) is 11.5 Å². The molecule has 0 spiro atoms. The molecule has 0 aliphatic heterocycles. The van der Waals surface area contributed by atoms with E-state index in [4.69, 9.17) is 21.4 Å². The van der Waals surface area contributed by atoms with Crippen molar-refractivity contribution in [2.45, 2.75) is 152 Å². The van der Waals surface area contributed by atoms with Crippen molar-refractivity contribution in [1.82, 2.24) is 5.32 Å². The molecule has 4 fully saturated rings. The van der Waals surface area contributed by atoms with Crippen molar-refractivity contribution < 1.29 is 24.2 Å². The molecule has 0 bridgehead atoms. The van der Waals surface area contributed by atoms with Crippen LogP contribution in [0.4, 0.5) is 0 Å². The average Bonchev–Trinajstić information content (AvgIpc) is 3.40. The van der Waals surface area contributed by atoms with Crippen LogP contribution in [0, 0.1) is 57.2 Å². The van der Waals surface area contributed by atoms with Crippen LogP contribution in [-0.2, 0) is 25.7 Å². The molecular formula is C46H72ClNO5. The Morgan fingerprint density at radius 1 is 1.02 bits per heavy atom. The first-order chi connectivity index (χ1) is 25.0. The summed E-state index contributed by atoms with van der Waals surface area (Å²) in [6.07, 6.45) is 14.6. The van der Waals surface area contributed by atoms with E-state index in [-0.39, 0.29) is 11.8 Å². The molecular weight excluding hydrogens is 682 g/mol. The first-order valence-electron chi connectivity index (χ1n) is 20.9. The zero-order valence-corrected chi connectivity index (χ0v) is 35.5. The van der Waals surface area contributed by atoms with E-state index in [0.29, 0.717) is 46.8 Å². The van der Waals surface area contributed by atoms with E-state index in [1.807, 2.05) is 19.2 Å². The van der Waals surface area contributed by atoms with Crippen molar-refractivity contribution in [3.8, 4) is 0 Å². The normalized spacial score (nSPS) is 34.8. The summed E-state index contributed by atoms with van der Waals surface area (Å²) < 4.78 is 5.97. The number of carboxylic acid groups (broad SMARTS) is 1. The third kappa shape index (κ3) is 8.86. The molecule has 0 saturated heterocycles. The van der Waals surface area contributed by atoms with Gasteiger partial charge in [0.1, 0.15) is 6.29 Å². The highest BCUT2D eigenvalue weighted by Crippen LogP contribution is 2.72. The van der Waals surface area contributed by atoms with Crippen LogP contribution in [0.1, 0.15) is 145 Å². The topological polar surface area (TPSA) is 92.7 Å². The van der Waals surface area contributed by atoms with E-state index in [2.05, 4.69) is 65.9 Å². The van der Waals surface area contributed by atoms with Gasteiger partial charge in [-0.05, 0) is 148 Å². The molecule has 0 heterocycles. The van der Waals surface area contributed by atoms with E-state index < -0.39 is 11.4 Å². The standard InChI is InChI=1S/C37H54ClNO2.C6H10O3.C3H8/c1-23(2)33-30(40)21-37(19-20-39-22-25-7-9-26(38)10-8-25)18-14-29-27(34(33)37)11-12-32-35(4)17-15-31(41-6)24(3)28(35)13-16-36(29,32)5;1-6(2,3-4-7)5(8)9;1-3-2/h7-10,23-24,27-29,31-32,39H,11-22H2,1-6H3;4H,3H2,1-2H3,(H,8,9);3H2,1-2H3. The summed E-state index contributed by atoms with van der Waals surface area (Å²) in [4.78, 5) is 33.9. The molecule has 4 saturated carbocycles. The predicted molar refractivity (Wildman–Crippen MR) is 217 cm³/mol. The number of carbonyl (C=O) groups is 3. The molecule has 6 nitrogen and oxygen atoms in total. The van der Waals surface area contributed by atoms with Crippen LogP contribution in [0.5, 0.6) is 0 Å². The maximum atomic E-state index is 13.7. The second-order valence-corrected chi connectivity index (χ2v) is 19.3. The van der Waals surface area contributed by atoms with Gasteiger partial charge in [-0.15, -0.1) is 0 Å². The van der Waals surface area contributed by atoms with Crippen molar-refractivity contribution in [1.29, 1.82) is 0 Å². The number of methoxy groups -OCH3 is 1. The van der Waals surface area contributed by atoms with Gasteiger partial charge in [-0.3, -0.25) is 9.59 Å². The van der Waals surface area contributed by atoms with Crippen LogP contribution in [0.3, 0.4) is 0 Å². The number of benzene rings is 1. The lowest BCUT2D eigenvalue weighted by Crippen LogP contribution is -2.60. The summed E-state index contributed by atoms with van der Waals surface area (Å²) in [6.45, 7) is 21.5. The van der Waals surface area contributed by atoms with Crippen LogP contribution in [0.2, 0.25) is 5.02 Å². The van der Waals surface area contributed by atoms with Crippen molar-refractivity contribution >= 4 is 29.6 Å². The number of Topliss-reactive ketones (excluding diaryl/α,β-unsaturated/α-hetero) is 1. The number of allylic oxidation sites excluding steroid dienone is 2. The Hall–Kier alpha value is -2.02. The Morgan fingerprint density at radius 3 is 2.19 bits per heavy atom. The quantitative estimate of drug-likeness (QED) is 0.183. The fourth-order valence-electron chi connectivity index (χ4n) is 12.1. The fraction of sp³-hybridized carbons (Fsp3) is 0.761. The van der Waals surface area contributed by atoms with E-state index >= 15 is 0 Å². The van der Waals surface area contributed by atoms with Crippen LogP contribution in [0.25, 0.3) is 0 Å². The molecule has 53 heavy (non-hydrogen) atoms. The number of halogens is 1. The van der Waals surface area contributed by atoms with Gasteiger partial charge in [0.25, 0.3) is 0 Å². The van der Waals surface area contributed by atoms with Gasteiger partial charge in [0.2, 0.25) is 0 Å². The number of fused-ring (bicyclic) bond motifs is 7. The Bertz CT molecular complexity index is 1450. The number of ether oxygens (including phenoxy) is 1. The SMILES string of the molecule is CC(C)(CC=O)C(=O)O.CCC.COC1CCC2(C)C(CCC3(C)C4CCC5(CCNCc6ccc(Cl)cc6)CC(=O)C(C(C)C)=C5C4CCC32)C1C. The molecule has 298 valence electrons. The zero-order chi connectivity index (χ0) is 39.4. The van der Waals surface area contributed by atoms with Gasteiger partial charge in [-0.25, -0.2) is 0 Å². The number of ketones is 1. The molecule has 5 aliphatic carbocycles. The smallest absolute Gasteiger partial charge is 0.309 e. The third-order valence-electron chi connectivity index (χ3n) is 14.8. The maximum Gasteiger partial charge on any atom is 0.309 e. The van der Waals surface area contributed by atoms with E-state index in [1.54, 1.807) is 5.57 Å². The number of hydrogen-bond donors (Lipinski definition) is 2. The van der Waals surface area contributed by atoms with Gasteiger partial charge >= 0.3 is 5.97 Å². The lowest BCUT2D eigenvalue weighted by Gasteiger charge is -2.67. The molecule has 5 aliphatic rings. The number of carboxylic acids is 1. The first-order valence-corrected chi connectivity index (χ1v) is 21.3. The molecule has 7 heteroatoms. The fourth-order valence-corrected chi connectivity index (χ4v) is 12.2. The van der Waals surface area contributed by atoms with E-state index in [9.17, 15) is 14.4 Å². The molecule has 2 N–H and O–H groups in total. The number of nitrogens with one attached hydrogen (secondary N) is 1. The highest BCUT2D eigenvalue weighted by Gasteiger charge is 2.64. The van der Waals surface area contributed by atoms with Crippen LogP contribution in [-0.4, -0.2) is 42.9 Å². The number of rotatable bonds is 10. The van der Waals surface area contributed by atoms with Gasteiger partial charge < -0.3 is 20.0 Å². The third-order valence-corrected chi connectivity index (χ3v) is 15.0. The lowest BCUT2D eigenvalue weighted by molar-refractivity contribution is -0.182. The largest absolute Gasteiger partial charge is 0.481 e. The molecule has 0 aromatic heterocycles. The van der Waals surface area contributed by atoms with Crippen molar-refractivity contribution in [2.24, 2.45) is 57.2 Å². The zero-order valence-electron chi connectivity index (χ0n) is 34.8. The van der Waals surface area contributed by atoms with Gasteiger partial charge in [-0.1, -0.05) is 84.2 Å². The van der Waals surface area contributed by atoms with Crippen molar-refractivity contribution in [3.05, 3.63) is 46.0 Å². The minimum Gasteiger partial charge on any atom is -0.481 e. The van der Waals surface area contributed by atoms with Crippen LogP contribution >= 0.6 is 11.6 Å². The minimum absolute atomic E-state index is 0.0696. The van der Waals surface area contributed by atoms with Crippen molar-refractivity contribution in [2.75, 3.05) is 13.7 Å². The average molecular weight is 755 g/mol. The molecule has 6 rings (SSSR count). The highest BCUT2D eigenvalue weighted by atomic mass is 35.5. The van der Waals surface area contributed by atoms with Gasteiger partial charge in [0, 0.05) is 36.9 Å². The Labute approximate surface area is 327 Å². The number of carbonyl (C=O) groups excluding carboxylic acids is 2. The highest BCUT2D eigenvalue weighted by molar-refractivity contribution is 6.30. The summed E-state index contributed by atoms with van der Waals surface area (Å²) in [5.41, 5.74) is 4.10. The first kappa shape index (κ1) is 43.7. The lowest BCUT2D eigenvalue weighted by atomic mass is 9.38. The molecule has 9 unspecified atom stereocenters. The summed E-state index contributed by atoms with van der Waals surface area (Å²) >= 11 is 6.09. The second-order valence-electron chi connectivity index (χ2n) is 18.9. The minimum atomic E-state index is -0.936. The molecule has 0 amide bonds. The molecule has 1 aromatic carbocycles. The summed E-state index contributed by atoms with van der Waals surface area (Å²) in [7, 11) is 1.92. The Kier molecular flexibility index (Phi) is 14.7. The number of aliphatic carboxylic acids is 1.